The highest BCUT2D eigenvalue weighted by Gasteiger charge is 2.32. The zero-order chi connectivity index (χ0) is 7.07. The summed E-state index contributed by atoms with van der Waals surface area (Å²) in [7, 11) is 2.06. The molecule has 0 bridgehead atoms. The highest BCUT2D eigenvalue weighted by atomic mass is 32.2. The van der Waals surface area contributed by atoms with Gasteiger partial charge in [-0.2, -0.15) is 0 Å². The molecular weight excluding hydrogens is 150 g/mol. The molecule has 1 aliphatic rings. The number of nitrogens with zero attached hydrogens (tertiary/aromatic N) is 1. The Morgan fingerprint density at radius 2 is 2.22 bits per heavy atom. The van der Waals surface area contributed by atoms with E-state index in [9.17, 15) is 0 Å². The number of hydrogen-bond acceptors (Lipinski definition) is 2. The normalized spacial score (nSPS) is 25.2. The molecule has 0 saturated carbocycles. The fraction of sp³-hybridized carbons (Fsp3) is 0.833. The summed E-state index contributed by atoms with van der Waals surface area (Å²) < 4.78 is 1.03. The lowest BCUT2D eigenvalue weighted by Gasteiger charge is -2.27. The van der Waals surface area contributed by atoms with Crippen LogP contribution in [0.5, 0.6) is 0 Å². The summed E-state index contributed by atoms with van der Waals surface area (Å²) in [4.78, 5) is 2.16. The van der Waals surface area contributed by atoms with Gasteiger partial charge in [0.2, 0.25) is 0 Å². The van der Waals surface area contributed by atoms with Crippen LogP contribution in [0.15, 0.2) is 0 Å². The van der Waals surface area contributed by atoms with Gasteiger partial charge in [-0.25, -0.2) is 0 Å². The molecule has 0 unspecified atom stereocenters. The van der Waals surface area contributed by atoms with Crippen molar-refractivity contribution in [2.24, 2.45) is 0 Å². The van der Waals surface area contributed by atoms with Gasteiger partial charge in [-0.1, -0.05) is 24.0 Å². The van der Waals surface area contributed by atoms with E-state index in [-0.39, 0.29) is 5.54 Å². The second kappa shape index (κ2) is 2.13. The van der Waals surface area contributed by atoms with Crippen LogP contribution in [0.3, 0.4) is 0 Å². The minimum absolute atomic E-state index is 0.280. The van der Waals surface area contributed by atoms with Crippen molar-refractivity contribution < 1.29 is 0 Å². The second-order valence-corrected chi connectivity index (χ2v) is 4.54. The average molecular weight is 161 g/mol. The number of rotatable bonds is 0. The predicted molar refractivity (Wildman–Crippen MR) is 46.9 cm³/mol. The third-order valence-electron chi connectivity index (χ3n) is 1.73. The van der Waals surface area contributed by atoms with Crippen molar-refractivity contribution in [3.05, 3.63) is 0 Å². The van der Waals surface area contributed by atoms with Crippen molar-refractivity contribution in [3.63, 3.8) is 0 Å². The highest BCUT2D eigenvalue weighted by Crippen LogP contribution is 2.30. The summed E-state index contributed by atoms with van der Waals surface area (Å²) in [6.45, 7) is 4.42. The van der Waals surface area contributed by atoms with Crippen LogP contribution in [-0.4, -0.2) is 27.6 Å². The first-order chi connectivity index (χ1) is 4.04. The van der Waals surface area contributed by atoms with Crippen LogP contribution in [0.2, 0.25) is 0 Å². The maximum atomic E-state index is 5.08. The SMILES string of the molecule is CN1C(=S)SCC1(C)C. The molecule has 9 heavy (non-hydrogen) atoms. The molecule has 0 aromatic carbocycles. The Hall–Kier alpha value is 0.240. The van der Waals surface area contributed by atoms with Gasteiger partial charge in [0.15, 0.2) is 0 Å². The molecule has 0 N–H and O–H groups in total. The highest BCUT2D eigenvalue weighted by molar-refractivity contribution is 8.23. The molecule has 0 spiro atoms. The van der Waals surface area contributed by atoms with E-state index in [4.69, 9.17) is 12.2 Å². The smallest absolute Gasteiger partial charge is 0.136 e. The van der Waals surface area contributed by atoms with Gasteiger partial charge in [-0.3, -0.25) is 0 Å². The third kappa shape index (κ3) is 1.22. The number of thioether (sulfide) groups is 1. The van der Waals surface area contributed by atoms with Crippen LogP contribution < -0.4 is 0 Å². The summed E-state index contributed by atoms with van der Waals surface area (Å²) in [5.74, 6) is 1.13. The molecule has 0 aliphatic carbocycles. The molecule has 52 valence electrons. The van der Waals surface area contributed by atoms with Gasteiger partial charge in [0.05, 0.1) is 0 Å². The molecular formula is C6H11NS2. The molecule has 0 aromatic heterocycles. The fourth-order valence-electron chi connectivity index (χ4n) is 0.679. The van der Waals surface area contributed by atoms with Crippen molar-refractivity contribution in [3.8, 4) is 0 Å². The first-order valence-electron chi connectivity index (χ1n) is 2.94. The van der Waals surface area contributed by atoms with Crippen LogP contribution in [0.1, 0.15) is 13.8 Å². The van der Waals surface area contributed by atoms with E-state index >= 15 is 0 Å². The minimum Gasteiger partial charge on any atom is -0.355 e. The zero-order valence-electron chi connectivity index (χ0n) is 5.97. The summed E-state index contributed by atoms with van der Waals surface area (Å²) in [6.07, 6.45) is 0. The van der Waals surface area contributed by atoms with Gasteiger partial charge in [-0.05, 0) is 13.8 Å². The molecule has 1 heterocycles. The van der Waals surface area contributed by atoms with Crippen molar-refractivity contribution >= 4 is 28.3 Å². The van der Waals surface area contributed by atoms with E-state index in [2.05, 4.69) is 25.8 Å². The molecule has 1 saturated heterocycles. The Kier molecular flexibility index (Phi) is 1.74. The van der Waals surface area contributed by atoms with Gasteiger partial charge in [0.1, 0.15) is 4.32 Å². The Balaban J connectivity index is 2.73. The van der Waals surface area contributed by atoms with Crippen molar-refractivity contribution in [1.29, 1.82) is 0 Å². The van der Waals surface area contributed by atoms with Crippen LogP contribution in [0.25, 0.3) is 0 Å². The molecule has 3 heteroatoms. The Bertz CT molecular complexity index is 142. The van der Waals surface area contributed by atoms with E-state index in [0.717, 1.165) is 10.1 Å². The quantitative estimate of drug-likeness (QED) is 0.498. The predicted octanol–water partition coefficient (Wildman–Crippen LogP) is 1.73. The maximum absolute atomic E-state index is 5.08. The van der Waals surface area contributed by atoms with Crippen LogP contribution in [-0.2, 0) is 0 Å². The molecule has 1 rings (SSSR count). The molecule has 0 atom stereocenters. The standard InChI is InChI=1S/C6H11NS2/c1-6(2)4-9-5(8)7(6)3/h4H2,1-3H3. The van der Waals surface area contributed by atoms with Gasteiger partial charge < -0.3 is 4.90 Å². The maximum Gasteiger partial charge on any atom is 0.136 e. The van der Waals surface area contributed by atoms with Crippen LogP contribution in [0, 0.1) is 0 Å². The number of thiocarbonyl (C=S) groups is 1. The Morgan fingerprint density at radius 3 is 2.33 bits per heavy atom. The van der Waals surface area contributed by atoms with E-state index in [1.807, 2.05) is 0 Å². The van der Waals surface area contributed by atoms with E-state index in [1.54, 1.807) is 11.8 Å². The first-order valence-corrected chi connectivity index (χ1v) is 4.34. The lowest BCUT2D eigenvalue weighted by Crippen LogP contribution is -2.38. The van der Waals surface area contributed by atoms with Crippen LogP contribution in [0.4, 0.5) is 0 Å². The molecule has 1 nitrogen and oxygen atoms in total. The minimum atomic E-state index is 0.280. The largest absolute Gasteiger partial charge is 0.355 e. The molecule has 0 amide bonds. The Morgan fingerprint density at radius 1 is 1.67 bits per heavy atom. The van der Waals surface area contributed by atoms with E-state index in [1.165, 1.54) is 0 Å². The van der Waals surface area contributed by atoms with Gasteiger partial charge in [0.25, 0.3) is 0 Å². The molecule has 1 fully saturated rings. The molecule has 1 aliphatic heterocycles. The first kappa shape index (κ1) is 7.35. The third-order valence-corrected chi connectivity index (χ3v) is 3.73. The summed E-state index contributed by atoms with van der Waals surface area (Å²) in [6, 6.07) is 0. The van der Waals surface area contributed by atoms with Crippen LogP contribution >= 0.6 is 24.0 Å². The van der Waals surface area contributed by atoms with Gasteiger partial charge >= 0.3 is 0 Å². The van der Waals surface area contributed by atoms with Crippen molar-refractivity contribution in [2.75, 3.05) is 12.8 Å². The van der Waals surface area contributed by atoms with Crippen molar-refractivity contribution in [2.45, 2.75) is 19.4 Å². The van der Waals surface area contributed by atoms with Crippen molar-refractivity contribution in [1.82, 2.24) is 4.90 Å². The van der Waals surface area contributed by atoms with E-state index < -0.39 is 0 Å². The van der Waals surface area contributed by atoms with Gasteiger partial charge in [-0.15, -0.1) is 0 Å². The second-order valence-electron chi connectivity index (χ2n) is 2.93. The topological polar surface area (TPSA) is 3.24 Å². The molecule has 0 aromatic rings. The Labute approximate surface area is 65.8 Å². The van der Waals surface area contributed by atoms with E-state index in [0.29, 0.717) is 0 Å². The lowest BCUT2D eigenvalue weighted by atomic mass is 10.1. The molecule has 0 radical (unpaired) electrons. The lowest BCUT2D eigenvalue weighted by molar-refractivity contribution is 0.308. The summed E-state index contributed by atoms with van der Waals surface area (Å²) in [5.41, 5.74) is 0.280. The fourth-order valence-corrected chi connectivity index (χ4v) is 2.21. The number of hydrogen-bond donors (Lipinski definition) is 0. The van der Waals surface area contributed by atoms with Gasteiger partial charge in [0, 0.05) is 18.3 Å². The average Bonchev–Trinajstić information content (AvgIpc) is 1.97. The zero-order valence-corrected chi connectivity index (χ0v) is 7.60. The summed E-state index contributed by atoms with van der Waals surface area (Å²) in [5, 5.41) is 0. The monoisotopic (exact) mass is 161 g/mol. The summed E-state index contributed by atoms with van der Waals surface area (Å²) >= 11 is 6.85.